The first-order chi connectivity index (χ1) is 24.6. The quantitative estimate of drug-likeness (QED) is 0.138. The van der Waals surface area contributed by atoms with E-state index in [4.69, 9.17) is 4.99 Å². The van der Waals surface area contributed by atoms with Crippen LogP contribution in [-0.4, -0.2) is 23.3 Å². The minimum atomic E-state index is -1.54. The van der Waals surface area contributed by atoms with Crippen LogP contribution >= 0.6 is 10.0 Å². The van der Waals surface area contributed by atoms with Gasteiger partial charge in [0.2, 0.25) is 0 Å². The van der Waals surface area contributed by atoms with E-state index in [1.54, 1.807) is 0 Å². The van der Waals surface area contributed by atoms with E-state index in [1.165, 1.54) is 42.1 Å². The summed E-state index contributed by atoms with van der Waals surface area (Å²) in [5, 5.41) is 2.45. The van der Waals surface area contributed by atoms with Crippen LogP contribution in [0.25, 0.3) is 32.9 Å². The van der Waals surface area contributed by atoms with Gasteiger partial charge in [-0.2, -0.15) is 10.0 Å². The van der Waals surface area contributed by atoms with Crippen LogP contribution in [0, 0.1) is 0 Å². The average Bonchev–Trinajstić information content (AvgIpc) is 3.51. The van der Waals surface area contributed by atoms with Crippen LogP contribution in [0.15, 0.2) is 207 Å². The van der Waals surface area contributed by atoms with Crippen LogP contribution < -0.4 is 0 Å². The molecule has 0 aliphatic heterocycles. The predicted octanol–water partition coefficient (Wildman–Crippen LogP) is 12.2. The van der Waals surface area contributed by atoms with Gasteiger partial charge in [0.25, 0.3) is 0 Å². The van der Waals surface area contributed by atoms with E-state index < -0.39 is 10.0 Å². The molecule has 1 heterocycles. The Balaban J connectivity index is 1.30. The molecule has 0 spiro atoms. The minimum Gasteiger partial charge on any atom is -0.320 e. The summed E-state index contributed by atoms with van der Waals surface area (Å²) in [6.45, 7) is 4.33. The Bertz CT molecular complexity index is 2420. The summed E-state index contributed by atoms with van der Waals surface area (Å²) in [4.78, 5) is 13.8. The highest BCUT2D eigenvalue weighted by Gasteiger charge is 2.27. The topological polar surface area (TPSA) is 29.6 Å². The predicted molar refractivity (Wildman–Crippen MR) is 214 cm³/mol. The van der Waals surface area contributed by atoms with Gasteiger partial charge in [-0.15, -0.1) is 0 Å². The van der Waals surface area contributed by atoms with Crippen molar-refractivity contribution >= 4 is 50.0 Å². The third kappa shape index (κ3) is 5.64. The lowest BCUT2D eigenvalue weighted by Crippen LogP contribution is -2.07. The molecule has 0 radical (unpaired) electrons. The highest BCUT2D eigenvalue weighted by Crippen LogP contribution is 2.65. The van der Waals surface area contributed by atoms with E-state index in [2.05, 4.69) is 180 Å². The number of hydrogen-bond acceptors (Lipinski definition) is 2. The van der Waals surface area contributed by atoms with E-state index in [9.17, 15) is 0 Å². The second-order valence-electron chi connectivity index (χ2n) is 12.4. The summed E-state index contributed by atoms with van der Waals surface area (Å²) in [6, 6.07) is 64.9. The molecule has 0 unspecified atom stereocenters. The summed E-state index contributed by atoms with van der Waals surface area (Å²) < 4.78 is 2.37. The fourth-order valence-electron chi connectivity index (χ4n) is 6.97. The Morgan fingerprint density at radius 2 is 1.10 bits per heavy atom. The SMILES string of the molecule is C=Nc1ccccc1/C(=N\Cn1c2ccccc2c2ccc(S(C)(c3ccccc3)c3ccccc3)cc21)c1ccc(-c2ccccc2)cc1. The van der Waals surface area contributed by atoms with Gasteiger partial charge in [0.05, 0.1) is 22.4 Å². The van der Waals surface area contributed by atoms with E-state index in [1.807, 2.05) is 24.3 Å². The molecule has 8 rings (SSSR count). The van der Waals surface area contributed by atoms with E-state index in [0.717, 1.165) is 28.0 Å². The molecule has 0 saturated carbocycles. The first-order valence-electron chi connectivity index (χ1n) is 16.8. The van der Waals surface area contributed by atoms with Crippen molar-refractivity contribution in [2.24, 2.45) is 9.98 Å². The summed E-state index contributed by atoms with van der Waals surface area (Å²) in [5.74, 6) is 0. The molecule has 0 bridgehead atoms. The molecule has 242 valence electrons. The van der Waals surface area contributed by atoms with E-state index in [-0.39, 0.29) is 0 Å². The van der Waals surface area contributed by atoms with Gasteiger partial charge in [-0.1, -0.05) is 133 Å². The maximum absolute atomic E-state index is 5.42. The average molecular weight is 664 g/mol. The lowest BCUT2D eigenvalue weighted by Gasteiger charge is -2.37. The van der Waals surface area contributed by atoms with Crippen molar-refractivity contribution in [2.75, 3.05) is 6.26 Å². The summed E-state index contributed by atoms with van der Waals surface area (Å²) in [5.41, 5.74) is 8.38. The van der Waals surface area contributed by atoms with Gasteiger partial charge in [-0.05, 0) is 82.4 Å². The molecule has 3 nitrogen and oxygen atoms in total. The fourth-order valence-corrected chi connectivity index (χ4v) is 9.87. The second kappa shape index (κ2) is 13.5. The van der Waals surface area contributed by atoms with Crippen molar-refractivity contribution in [2.45, 2.75) is 21.4 Å². The van der Waals surface area contributed by atoms with Gasteiger partial charge >= 0.3 is 0 Å². The van der Waals surface area contributed by atoms with Gasteiger partial charge in [0, 0.05) is 26.8 Å². The van der Waals surface area contributed by atoms with Crippen molar-refractivity contribution in [1.29, 1.82) is 0 Å². The monoisotopic (exact) mass is 663 g/mol. The van der Waals surface area contributed by atoms with Gasteiger partial charge in [0.1, 0.15) is 6.67 Å². The molecular formula is C46H37N3S. The third-order valence-corrected chi connectivity index (χ3v) is 13.2. The molecule has 0 aliphatic carbocycles. The Kier molecular flexibility index (Phi) is 8.45. The molecule has 1 aromatic heterocycles. The normalized spacial score (nSPS) is 12.3. The van der Waals surface area contributed by atoms with Gasteiger partial charge < -0.3 is 4.57 Å². The van der Waals surface area contributed by atoms with Crippen LogP contribution in [0.4, 0.5) is 5.69 Å². The standard InChI is InChI=1S/C46H37N3S/c1-47-43-24-14-12-23-42(43)46(36-28-26-35(27-29-36)34-16-6-3-7-17-34)48-33-49-44-25-15-13-22-40(44)41-31-30-39(32-45(41)49)50(2,37-18-8-4-9-19-37)38-20-10-5-11-21-38/h3-32H,1,33H2,2H3/b48-46-. The number of aromatic nitrogens is 1. The van der Waals surface area contributed by atoms with Crippen LogP contribution in [-0.2, 0) is 6.67 Å². The highest BCUT2D eigenvalue weighted by molar-refractivity contribution is 8.33. The molecule has 0 fully saturated rings. The maximum Gasteiger partial charge on any atom is 0.115 e. The zero-order valence-electron chi connectivity index (χ0n) is 28.0. The zero-order valence-corrected chi connectivity index (χ0v) is 28.8. The molecule has 0 atom stereocenters. The smallest absolute Gasteiger partial charge is 0.115 e. The van der Waals surface area contributed by atoms with Crippen LogP contribution in [0.2, 0.25) is 0 Å². The van der Waals surface area contributed by atoms with Crippen molar-refractivity contribution in [1.82, 2.24) is 4.57 Å². The van der Waals surface area contributed by atoms with Gasteiger partial charge in [-0.25, -0.2) is 0 Å². The number of para-hydroxylation sites is 2. The number of fused-ring (bicyclic) bond motifs is 3. The lowest BCUT2D eigenvalue weighted by atomic mass is 9.97. The van der Waals surface area contributed by atoms with Crippen LogP contribution in [0.3, 0.4) is 0 Å². The molecular weight excluding hydrogens is 627 g/mol. The summed E-state index contributed by atoms with van der Waals surface area (Å²) in [6.07, 6.45) is 2.42. The Morgan fingerprint density at radius 3 is 1.78 bits per heavy atom. The van der Waals surface area contributed by atoms with Gasteiger partial charge in [0.15, 0.2) is 0 Å². The highest BCUT2D eigenvalue weighted by atomic mass is 32.3. The molecule has 7 aromatic carbocycles. The number of aliphatic imine (C=N–C) groups is 2. The molecule has 4 heteroatoms. The van der Waals surface area contributed by atoms with Crippen molar-refractivity contribution in [3.63, 3.8) is 0 Å². The van der Waals surface area contributed by atoms with Crippen molar-refractivity contribution in [3.05, 3.63) is 193 Å². The first kappa shape index (κ1) is 31.3. The molecule has 50 heavy (non-hydrogen) atoms. The second-order valence-corrected chi connectivity index (χ2v) is 15.7. The Morgan fingerprint density at radius 1 is 0.540 bits per heavy atom. The number of hydrogen-bond donors (Lipinski definition) is 0. The van der Waals surface area contributed by atoms with Crippen LogP contribution in [0.1, 0.15) is 11.1 Å². The van der Waals surface area contributed by atoms with Crippen LogP contribution in [0.5, 0.6) is 0 Å². The molecule has 8 aromatic rings. The zero-order chi connectivity index (χ0) is 33.9. The minimum absolute atomic E-state index is 0.442. The number of nitrogens with zero attached hydrogens (tertiary/aromatic N) is 3. The number of benzene rings is 7. The largest absolute Gasteiger partial charge is 0.320 e. The van der Waals surface area contributed by atoms with Gasteiger partial charge in [-0.3, -0.25) is 9.98 Å². The molecule has 0 aliphatic rings. The molecule has 0 amide bonds. The molecule has 0 saturated heterocycles. The summed E-state index contributed by atoms with van der Waals surface area (Å²) in [7, 11) is -1.54. The van der Waals surface area contributed by atoms with Crippen molar-refractivity contribution in [3.8, 4) is 11.1 Å². The Labute approximate surface area is 295 Å². The third-order valence-electron chi connectivity index (χ3n) is 9.61. The first-order valence-corrected chi connectivity index (χ1v) is 18.9. The van der Waals surface area contributed by atoms with E-state index >= 15 is 0 Å². The van der Waals surface area contributed by atoms with E-state index in [0.29, 0.717) is 6.67 Å². The maximum atomic E-state index is 5.42. The number of rotatable bonds is 9. The summed E-state index contributed by atoms with van der Waals surface area (Å²) >= 11 is 0. The molecule has 0 N–H and O–H groups in total. The lowest BCUT2D eigenvalue weighted by molar-refractivity contribution is 0.792. The van der Waals surface area contributed by atoms with Crippen molar-refractivity contribution < 1.29 is 0 Å². The fraction of sp³-hybridized carbons (Fsp3) is 0.0435. The Hall–Kier alpha value is -5.97.